The molecule has 0 spiro atoms. The first kappa shape index (κ1) is 16.2. The molecule has 4 rings (SSSR count). The molecule has 1 saturated carbocycles. The summed E-state index contributed by atoms with van der Waals surface area (Å²) >= 11 is 0. The van der Waals surface area contributed by atoms with E-state index in [1.807, 2.05) is 17.7 Å². The molecule has 0 bridgehead atoms. The maximum absolute atomic E-state index is 12.7. The van der Waals surface area contributed by atoms with Crippen LogP contribution >= 0.6 is 0 Å². The van der Waals surface area contributed by atoms with Crippen molar-refractivity contribution in [2.75, 3.05) is 6.54 Å². The van der Waals surface area contributed by atoms with Gasteiger partial charge in [-0.25, -0.2) is 4.98 Å². The molecule has 7 heteroatoms. The molecule has 132 valence electrons. The Balaban J connectivity index is 1.53. The predicted octanol–water partition coefficient (Wildman–Crippen LogP) is 1.86. The Morgan fingerprint density at radius 1 is 1.24 bits per heavy atom. The lowest BCUT2D eigenvalue weighted by molar-refractivity contribution is 0.0580. The molecule has 0 radical (unpaired) electrons. The van der Waals surface area contributed by atoms with Gasteiger partial charge < -0.3 is 10.0 Å². The first-order valence-corrected chi connectivity index (χ1v) is 8.94. The quantitative estimate of drug-likeness (QED) is 0.921. The Bertz CT molecular complexity index is 766. The summed E-state index contributed by atoms with van der Waals surface area (Å²) in [5.74, 6) is 0.225. The molecule has 2 aromatic heterocycles. The van der Waals surface area contributed by atoms with Gasteiger partial charge in [0.2, 0.25) is 0 Å². The zero-order valence-corrected chi connectivity index (χ0v) is 14.4. The number of aromatic nitrogens is 4. The summed E-state index contributed by atoms with van der Waals surface area (Å²) in [5, 5.41) is 15.1. The van der Waals surface area contributed by atoms with E-state index in [4.69, 9.17) is 0 Å². The Morgan fingerprint density at radius 3 is 2.76 bits per heavy atom. The van der Waals surface area contributed by atoms with Crippen molar-refractivity contribution < 1.29 is 9.90 Å². The van der Waals surface area contributed by atoms with Crippen molar-refractivity contribution in [2.24, 2.45) is 5.92 Å². The Labute approximate surface area is 146 Å². The first-order chi connectivity index (χ1) is 12.1. The maximum atomic E-state index is 12.7. The van der Waals surface area contributed by atoms with E-state index in [1.165, 1.54) is 12.6 Å². The molecule has 2 aromatic rings. The molecule has 2 aliphatic rings. The molecular formula is C18H23N5O2. The second-order valence-electron chi connectivity index (χ2n) is 7.04. The number of carbonyl (C=O) groups excluding carboxylic acids is 1. The van der Waals surface area contributed by atoms with Crippen LogP contribution in [0.1, 0.15) is 59.4 Å². The molecule has 1 aliphatic carbocycles. The number of amides is 1. The second-order valence-corrected chi connectivity index (χ2v) is 7.04. The minimum absolute atomic E-state index is 0.108. The molecule has 0 saturated heterocycles. The van der Waals surface area contributed by atoms with Crippen molar-refractivity contribution in [1.82, 2.24) is 24.6 Å². The van der Waals surface area contributed by atoms with Gasteiger partial charge in [-0.1, -0.05) is 6.42 Å². The summed E-state index contributed by atoms with van der Waals surface area (Å²) < 4.78 is 1.94. The number of hydrogen-bond acceptors (Lipinski definition) is 5. The molecule has 1 amide bonds. The highest BCUT2D eigenvalue weighted by molar-refractivity contribution is 5.91. The summed E-state index contributed by atoms with van der Waals surface area (Å²) in [5.41, 5.74) is 2.87. The minimum atomic E-state index is -0.486. The number of fused-ring (bicyclic) bond motifs is 1. The van der Waals surface area contributed by atoms with Crippen molar-refractivity contribution in [2.45, 2.75) is 51.8 Å². The zero-order valence-electron chi connectivity index (χ0n) is 14.4. The Kier molecular flexibility index (Phi) is 4.25. The lowest BCUT2D eigenvalue weighted by atomic mass is 9.80. The number of aryl methyl sites for hydroxylation is 2. The van der Waals surface area contributed by atoms with Crippen LogP contribution in [-0.4, -0.2) is 42.2 Å². The SMILES string of the molecule is Cc1cnc(C(=O)N2CCCn3nc(C(O)C4CCC4)cc3C2)cn1. The van der Waals surface area contributed by atoms with E-state index in [-0.39, 0.29) is 5.91 Å². The van der Waals surface area contributed by atoms with Crippen molar-refractivity contribution >= 4 is 5.91 Å². The molecule has 1 atom stereocenters. The third-order valence-corrected chi connectivity index (χ3v) is 5.22. The van der Waals surface area contributed by atoms with E-state index in [2.05, 4.69) is 15.1 Å². The van der Waals surface area contributed by atoms with Gasteiger partial charge in [-0.2, -0.15) is 5.10 Å². The van der Waals surface area contributed by atoms with Crippen LogP contribution in [-0.2, 0) is 13.1 Å². The van der Waals surface area contributed by atoms with E-state index >= 15 is 0 Å². The van der Waals surface area contributed by atoms with Gasteiger partial charge in [0.05, 0.1) is 29.8 Å². The number of aliphatic hydroxyl groups excluding tert-OH is 1. The molecule has 3 heterocycles. The van der Waals surface area contributed by atoms with E-state index in [0.29, 0.717) is 24.7 Å². The highest BCUT2D eigenvalue weighted by atomic mass is 16.3. The summed E-state index contributed by atoms with van der Waals surface area (Å²) in [4.78, 5) is 22.9. The molecular weight excluding hydrogens is 318 g/mol. The van der Waals surface area contributed by atoms with Crippen LogP contribution < -0.4 is 0 Å². The highest BCUT2D eigenvalue weighted by Crippen LogP contribution is 2.37. The standard InChI is InChI=1S/C18H23N5O2/c1-12-9-20-16(10-19-12)18(25)22-6-3-7-23-14(11-22)8-15(21-23)17(24)13-4-2-5-13/h8-10,13,17,24H,2-7,11H2,1H3. The molecule has 25 heavy (non-hydrogen) atoms. The van der Waals surface area contributed by atoms with Crippen LogP contribution in [0.25, 0.3) is 0 Å². The zero-order chi connectivity index (χ0) is 17.4. The Hall–Kier alpha value is -2.28. The largest absolute Gasteiger partial charge is 0.386 e. The van der Waals surface area contributed by atoms with Gasteiger partial charge >= 0.3 is 0 Å². The van der Waals surface area contributed by atoms with Gasteiger partial charge in [0.25, 0.3) is 5.91 Å². The van der Waals surface area contributed by atoms with Crippen LogP contribution in [0, 0.1) is 12.8 Å². The summed E-state index contributed by atoms with van der Waals surface area (Å²) in [6, 6.07) is 1.95. The fourth-order valence-corrected chi connectivity index (χ4v) is 3.46. The fraction of sp³-hybridized carbons (Fsp3) is 0.556. The molecule has 1 unspecified atom stereocenters. The highest BCUT2D eigenvalue weighted by Gasteiger charge is 2.30. The number of nitrogens with zero attached hydrogens (tertiary/aromatic N) is 5. The second kappa shape index (κ2) is 6.55. The van der Waals surface area contributed by atoms with Gasteiger partial charge in [-0.15, -0.1) is 0 Å². The third kappa shape index (κ3) is 3.16. The molecule has 0 aromatic carbocycles. The first-order valence-electron chi connectivity index (χ1n) is 8.94. The fourth-order valence-electron chi connectivity index (χ4n) is 3.46. The van der Waals surface area contributed by atoms with Crippen LogP contribution in [0.3, 0.4) is 0 Å². The average molecular weight is 341 g/mol. The van der Waals surface area contributed by atoms with E-state index < -0.39 is 6.10 Å². The topological polar surface area (TPSA) is 84.1 Å². The van der Waals surface area contributed by atoms with Crippen molar-refractivity contribution in [3.05, 3.63) is 41.2 Å². The molecule has 1 aliphatic heterocycles. The number of hydrogen-bond donors (Lipinski definition) is 1. The lowest BCUT2D eigenvalue weighted by Crippen LogP contribution is -2.31. The molecule has 1 fully saturated rings. The molecule has 7 nitrogen and oxygen atoms in total. The van der Waals surface area contributed by atoms with Gasteiger partial charge in [0.15, 0.2) is 0 Å². The summed E-state index contributed by atoms with van der Waals surface area (Å²) in [6.45, 7) is 3.76. The maximum Gasteiger partial charge on any atom is 0.274 e. The minimum Gasteiger partial charge on any atom is -0.386 e. The third-order valence-electron chi connectivity index (χ3n) is 5.22. The average Bonchev–Trinajstić information content (AvgIpc) is 2.85. The number of carbonyl (C=O) groups is 1. The van der Waals surface area contributed by atoms with E-state index in [1.54, 1.807) is 11.1 Å². The van der Waals surface area contributed by atoms with Crippen LogP contribution in [0.5, 0.6) is 0 Å². The van der Waals surface area contributed by atoms with Gasteiger partial charge in [-0.05, 0) is 38.2 Å². The molecule has 1 N–H and O–H groups in total. The smallest absolute Gasteiger partial charge is 0.274 e. The van der Waals surface area contributed by atoms with Gasteiger partial charge in [0.1, 0.15) is 11.8 Å². The van der Waals surface area contributed by atoms with Gasteiger partial charge in [0, 0.05) is 19.3 Å². The lowest BCUT2D eigenvalue weighted by Gasteiger charge is -2.29. The van der Waals surface area contributed by atoms with Gasteiger partial charge in [-0.3, -0.25) is 14.5 Å². The van der Waals surface area contributed by atoms with E-state index in [0.717, 1.165) is 42.9 Å². The van der Waals surface area contributed by atoms with Crippen molar-refractivity contribution in [3.63, 3.8) is 0 Å². The predicted molar refractivity (Wildman–Crippen MR) is 90.7 cm³/mol. The normalized spacial score (nSPS) is 19.0. The van der Waals surface area contributed by atoms with Crippen LogP contribution in [0.4, 0.5) is 0 Å². The van der Waals surface area contributed by atoms with Crippen molar-refractivity contribution in [3.8, 4) is 0 Å². The number of rotatable bonds is 3. The number of aliphatic hydroxyl groups is 1. The van der Waals surface area contributed by atoms with Crippen LogP contribution in [0.2, 0.25) is 0 Å². The van der Waals surface area contributed by atoms with Crippen molar-refractivity contribution in [1.29, 1.82) is 0 Å². The summed E-state index contributed by atoms with van der Waals surface area (Å²) in [6.07, 6.45) is 6.82. The Morgan fingerprint density at radius 2 is 2.08 bits per heavy atom. The monoisotopic (exact) mass is 341 g/mol. The summed E-state index contributed by atoms with van der Waals surface area (Å²) in [7, 11) is 0. The van der Waals surface area contributed by atoms with E-state index in [9.17, 15) is 9.90 Å². The van der Waals surface area contributed by atoms with Crippen LogP contribution in [0.15, 0.2) is 18.5 Å².